The molecule has 1 aliphatic rings. The normalized spacial score (nSPS) is 14.5. The van der Waals surface area contributed by atoms with Crippen molar-refractivity contribution in [2.24, 2.45) is 0 Å². The van der Waals surface area contributed by atoms with Crippen molar-refractivity contribution in [2.75, 3.05) is 11.9 Å². The van der Waals surface area contributed by atoms with Gasteiger partial charge >= 0.3 is 0 Å². The predicted octanol–water partition coefficient (Wildman–Crippen LogP) is 4.92. The Morgan fingerprint density at radius 2 is 1.80 bits per heavy atom. The van der Waals surface area contributed by atoms with Crippen molar-refractivity contribution in [3.05, 3.63) is 65.6 Å². The van der Waals surface area contributed by atoms with Gasteiger partial charge in [0, 0.05) is 53.1 Å². The minimum atomic E-state index is -0.141. The monoisotopic (exact) mass is 469 g/mol. The molecule has 8 heteroatoms. The maximum absolute atomic E-state index is 12.3. The van der Waals surface area contributed by atoms with Crippen LogP contribution in [0.2, 0.25) is 0 Å². The molecule has 8 nitrogen and oxygen atoms in total. The minimum Gasteiger partial charge on any atom is -0.351 e. The van der Waals surface area contributed by atoms with Crippen molar-refractivity contribution in [2.45, 2.75) is 53.1 Å². The Balaban J connectivity index is 1.42. The lowest BCUT2D eigenvalue weighted by atomic mass is 9.79. The van der Waals surface area contributed by atoms with Gasteiger partial charge in [0.1, 0.15) is 0 Å². The highest BCUT2D eigenvalue weighted by Gasteiger charge is 2.31. The zero-order valence-corrected chi connectivity index (χ0v) is 20.9. The number of fused-ring (bicyclic) bond motifs is 1. The summed E-state index contributed by atoms with van der Waals surface area (Å²) in [6.45, 7) is 12.7. The zero-order chi connectivity index (χ0) is 24.7. The van der Waals surface area contributed by atoms with Crippen molar-refractivity contribution in [1.29, 1.82) is 0 Å². The lowest BCUT2D eigenvalue weighted by Crippen LogP contribution is -2.43. The molecule has 0 atom stereocenters. The Labute approximate surface area is 205 Å². The fourth-order valence-corrected chi connectivity index (χ4v) is 4.60. The van der Waals surface area contributed by atoms with Crippen LogP contribution in [-0.2, 0) is 18.5 Å². The molecule has 5 rings (SSSR count). The summed E-state index contributed by atoms with van der Waals surface area (Å²) < 4.78 is 3.99. The Morgan fingerprint density at radius 3 is 2.49 bits per heavy atom. The highest BCUT2D eigenvalue weighted by atomic mass is 16.1. The van der Waals surface area contributed by atoms with Gasteiger partial charge in [-0.25, -0.2) is 9.67 Å². The number of amides is 1. The van der Waals surface area contributed by atoms with Crippen molar-refractivity contribution in [3.8, 4) is 22.6 Å². The summed E-state index contributed by atoms with van der Waals surface area (Å²) in [7, 11) is 0. The van der Waals surface area contributed by atoms with Crippen LogP contribution >= 0.6 is 0 Å². The molecule has 0 bridgehead atoms. The third-order valence-corrected chi connectivity index (χ3v) is 6.77. The molecule has 0 spiro atoms. The summed E-state index contributed by atoms with van der Waals surface area (Å²) in [5.74, 6) is 1.31. The highest BCUT2D eigenvalue weighted by molar-refractivity contribution is 5.98. The number of hydrogen-bond donors (Lipinski definition) is 2. The quantitative estimate of drug-likeness (QED) is 0.418. The molecule has 0 unspecified atom stereocenters. The van der Waals surface area contributed by atoms with E-state index in [2.05, 4.69) is 66.1 Å². The number of carbonyl (C=O) groups excluding carboxylic acids is 1. The van der Waals surface area contributed by atoms with Crippen LogP contribution in [0.5, 0.6) is 0 Å². The van der Waals surface area contributed by atoms with Crippen LogP contribution in [-0.4, -0.2) is 36.8 Å². The first-order chi connectivity index (χ1) is 16.8. The first kappa shape index (κ1) is 22.8. The van der Waals surface area contributed by atoms with Gasteiger partial charge in [0.2, 0.25) is 5.95 Å². The van der Waals surface area contributed by atoms with Crippen LogP contribution < -0.4 is 10.6 Å². The van der Waals surface area contributed by atoms with Gasteiger partial charge < -0.3 is 15.2 Å². The van der Waals surface area contributed by atoms with Crippen molar-refractivity contribution >= 4 is 17.5 Å². The SMILES string of the molecule is CCn1cnc(-c2ccc(-c3nc(Nc4ccc5c(c4)C(C)(C)CNC5=O)n(CC)n3)cc2)c1C. The van der Waals surface area contributed by atoms with Crippen LogP contribution in [0.25, 0.3) is 22.6 Å². The van der Waals surface area contributed by atoms with Crippen LogP contribution in [0.3, 0.4) is 0 Å². The van der Waals surface area contributed by atoms with Gasteiger partial charge in [-0.1, -0.05) is 38.1 Å². The second kappa shape index (κ2) is 8.69. The minimum absolute atomic E-state index is 0.0232. The molecular weight excluding hydrogens is 438 g/mol. The van der Waals surface area contributed by atoms with E-state index >= 15 is 0 Å². The number of carbonyl (C=O) groups is 1. The molecule has 180 valence electrons. The zero-order valence-electron chi connectivity index (χ0n) is 20.9. The number of nitrogens with one attached hydrogen (secondary N) is 2. The van der Waals surface area contributed by atoms with E-state index in [4.69, 9.17) is 10.1 Å². The Morgan fingerprint density at radius 1 is 1.06 bits per heavy atom. The molecule has 1 amide bonds. The van der Waals surface area contributed by atoms with Gasteiger partial charge in [-0.2, -0.15) is 4.98 Å². The van der Waals surface area contributed by atoms with E-state index in [1.54, 1.807) is 0 Å². The summed E-state index contributed by atoms with van der Waals surface area (Å²) in [6.07, 6.45) is 1.88. The van der Waals surface area contributed by atoms with Gasteiger partial charge in [0.05, 0.1) is 12.0 Å². The standard InChI is InChI=1S/C27H31N7O/c1-6-33-16-29-23(17(33)3)18-8-10-19(11-9-18)24-31-26(34(7-2)32-24)30-20-12-13-21-22(14-20)27(4,5)15-28-25(21)35/h8-14,16H,6-7,15H2,1-5H3,(H,28,35)(H,30,31,32). The van der Waals surface area contributed by atoms with Crippen molar-refractivity contribution in [3.63, 3.8) is 0 Å². The molecule has 1 aliphatic heterocycles. The second-order valence-electron chi connectivity index (χ2n) is 9.57. The van der Waals surface area contributed by atoms with E-state index in [1.807, 2.05) is 42.2 Å². The Kier molecular flexibility index (Phi) is 5.67. The molecule has 4 aromatic rings. The van der Waals surface area contributed by atoms with E-state index in [-0.39, 0.29) is 11.3 Å². The summed E-state index contributed by atoms with van der Waals surface area (Å²) >= 11 is 0. The van der Waals surface area contributed by atoms with Crippen LogP contribution in [0.4, 0.5) is 11.6 Å². The maximum atomic E-state index is 12.3. The van der Waals surface area contributed by atoms with E-state index in [9.17, 15) is 4.79 Å². The van der Waals surface area contributed by atoms with Crippen LogP contribution in [0.1, 0.15) is 49.3 Å². The molecule has 0 saturated carbocycles. The molecule has 2 aromatic heterocycles. The Hall–Kier alpha value is -3.94. The highest BCUT2D eigenvalue weighted by Crippen LogP contribution is 2.33. The first-order valence-electron chi connectivity index (χ1n) is 12.1. The molecular formula is C27H31N7O. The topological polar surface area (TPSA) is 89.7 Å². The average Bonchev–Trinajstić information content (AvgIpc) is 3.44. The van der Waals surface area contributed by atoms with Gasteiger partial charge in [0.25, 0.3) is 5.91 Å². The summed E-state index contributed by atoms with van der Waals surface area (Å²) in [4.78, 5) is 21.7. The lowest BCUT2D eigenvalue weighted by molar-refractivity contribution is 0.0930. The summed E-state index contributed by atoms with van der Waals surface area (Å²) in [6, 6.07) is 14.1. The smallest absolute Gasteiger partial charge is 0.251 e. The summed E-state index contributed by atoms with van der Waals surface area (Å²) in [5.41, 5.74) is 6.68. The van der Waals surface area contributed by atoms with Crippen molar-refractivity contribution in [1.82, 2.24) is 29.6 Å². The van der Waals surface area contributed by atoms with E-state index in [0.29, 0.717) is 24.9 Å². The molecule has 0 radical (unpaired) electrons. The third-order valence-electron chi connectivity index (χ3n) is 6.77. The molecule has 0 aliphatic carbocycles. The molecule has 0 saturated heterocycles. The number of anilines is 2. The Bertz CT molecular complexity index is 1400. The second-order valence-corrected chi connectivity index (χ2v) is 9.57. The number of aryl methyl sites for hydroxylation is 2. The van der Waals surface area contributed by atoms with E-state index < -0.39 is 0 Å². The van der Waals surface area contributed by atoms with E-state index in [1.165, 1.54) is 0 Å². The number of hydrogen-bond acceptors (Lipinski definition) is 5. The number of rotatable bonds is 6. The fraction of sp³-hybridized carbons (Fsp3) is 0.333. The molecule has 2 N–H and O–H groups in total. The van der Waals surface area contributed by atoms with Gasteiger partial charge in [-0.05, 0) is 44.5 Å². The maximum Gasteiger partial charge on any atom is 0.251 e. The van der Waals surface area contributed by atoms with Crippen LogP contribution in [0, 0.1) is 6.92 Å². The van der Waals surface area contributed by atoms with Gasteiger partial charge in [-0.3, -0.25) is 4.79 Å². The molecule has 0 fully saturated rings. The van der Waals surface area contributed by atoms with Crippen molar-refractivity contribution < 1.29 is 4.79 Å². The number of benzene rings is 2. The van der Waals surface area contributed by atoms with Crippen LogP contribution in [0.15, 0.2) is 48.8 Å². The summed E-state index contributed by atoms with van der Waals surface area (Å²) in [5, 5.41) is 11.1. The average molecular weight is 470 g/mol. The molecule has 2 aromatic carbocycles. The first-order valence-corrected chi connectivity index (χ1v) is 12.1. The molecule has 3 heterocycles. The predicted molar refractivity (Wildman–Crippen MR) is 138 cm³/mol. The molecule has 35 heavy (non-hydrogen) atoms. The number of nitrogens with zero attached hydrogens (tertiary/aromatic N) is 5. The lowest BCUT2D eigenvalue weighted by Gasteiger charge is -2.32. The van der Waals surface area contributed by atoms with Gasteiger partial charge in [-0.15, -0.1) is 5.10 Å². The number of imidazole rings is 1. The fourth-order valence-electron chi connectivity index (χ4n) is 4.60. The third kappa shape index (κ3) is 4.09. The van der Waals surface area contributed by atoms with Gasteiger partial charge in [0.15, 0.2) is 5.82 Å². The van der Waals surface area contributed by atoms with E-state index in [0.717, 1.165) is 45.9 Å². The number of aromatic nitrogens is 5. The largest absolute Gasteiger partial charge is 0.351 e.